The maximum Gasteiger partial charge on any atom is 0.237 e. The molecule has 5 nitrogen and oxygen atoms in total. The summed E-state index contributed by atoms with van der Waals surface area (Å²) in [4.78, 5) is 22.7. The number of rotatable bonds is 4. The maximum absolute atomic E-state index is 12.8. The molecule has 1 amide bonds. The molecule has 0 aliphatic carbocycles. The van der Waals surface area contributed by atoms with E-state index in [2.05, 4.69) is 22.5 Å². The van der Waals surface area contributed by atoms with Crippen LogP contribution in [0.3, 0.4) is 0 Å². The molecule has 24 heavy (non-hydrogen) atoms. The summed E-state index contributed by atoms with van der Waals surface area (Å²) in [5.74, 6) is 0.975. The van der Waals surface area contributed by atoms with Crippen LogP contribution in [-0.4, -0.2) is 36.1 Å². The number of nitrogens with one attached hydrogen (secondary N) is 1. The molecule has 0 fully saturated rings. The number of anilines is 1. The third kappa shape index (κ3) is 2.17. The second-order valence-corrected chi connectivity index (χ2v) is 7.34. The van der Waals surface area contributed by atoms with Gasteiger partial charge in [-0.15, -0.1) is 0 Å². The highest BCUT2D eigenvalue weighted by Crippen LogP contribution is 2.43. The van der Waals surface area contributed by atoms with Gasteiger partial charge in [-0.05, 0) is 43.0 Å². The van der Waals surface area contributed by atoms with Crippen LogP contribution in [0, 0.1) is 0 Å². The van der Waals surface area contributed by atoms with Crippen LogP contribution in [0.4, 0.5) is 5.69 Å². The van der Waals surface area contributed by atoms with Crippen molar-refractivity contribution in [3.8, 4) is 11.4 Å². The number of amides is 1. The standard InChI is InChI=1S/C18H19N3O2S/c1-18(2)12-8-13-14(20-16(19-13)11-4-7-24-10-11)9-15(12)21(17(18)22)5-6-23-3/h4,7-10H,5-6H2,1-3H3,(H,19,20). The van der Waals surface area contributed by atoms with E-state index in [1.165, 1.54) is 0 Å². The normalized spacial score (nSPS) is 16.1. The Balaban J connectivity index is 1.85. The Hall–Kier alpha value is -2.18. The fourth-order valence-electron chi connectivity index (χ4n) is 3.27. The Labute approximate surface area is 144 Å². The molecular formula is C18H19N3O2S. The Morgan fingerprint density at radius 2 is 2.21 bits per heavy atom. The molecule has 4 rings (SSSR count). The number of fused-ring (bicyclic) bond motifs is 2. The molecule has 0 saturated heterocycles. The summed E-state index contributed by atoms with van der Waals surface area (Å²) in [6.07, 6.45) is 0. The van der Waals surface area contributed by atoms with Crippen molar-refractivity contribution in [2.24, 2.45) is 0 Å². The minimum atomic E-state index is -0.537. The molecule has 0 atom stereocenters. The zero-order valence-corrected chi connectivity index (χ0v) is 14.7. The second kappa shape index (κ2) is 5.43. The van der Waals surface area contributed by atoms with Gasteiger partial charge in [-0.25, -0.2) is 4.98 Å². The number of ether oxygens (including phenoxy) is 1. The number of nitrogens with zero attached hydrogens (tertiary/aromatic N) is 2. The van der Waals surface area contributed by atoms with Gasteiger partial charge in [0.15, 0.2) is 0 Å². The first-order chi connectivity index (χ1) is 11.5. The number of hydrogen-bond donors (Lipinski definition) is 1. The largest absolute Gasteiger partial charge is 0.383 e. The highest BCUT2D eigenvalue weighted by Gasteiger charge is 2.44. The molecule has 0 radical (unpaired) electrons. The summed E-state index contributed by atoms with van der Waals surface area (Å²) < 4.78 is 5.16. The summed E-state index contributed by atoms with van der Waals surface area (Å²) in [7, 11) is 1.65. The lowest BCUT2D eigenvalue weighted by Gasteiger charge is -2.19. The Morgan fingerprint density at radius 1 is 1.38 bits per heavy atom. The van der Waals surface area contributed by atoms with E-state index in [1.54, 1.807) is 18.4 Å². The Bertz CT molecular complexity index is 912. The monoisotopic (exact) mass is 341 g/mol. The number of H-pyrrole nitrogens is 1. The van der Waals surface area contributed by atoms with Crippen LogP contribution in [-0.2, 0) is 14.9 Å². The fourth-order valence-corrected chi connectivity index (χ4v) is 3.91. The van der Waals surface area contributed by atoms with Gasteiger partial charge in [-0.3, -0.25) is 4.79 Å². The van der Waals surface area contributed by atoms with Crippen molar-refractivity contribution in [2.75, 3.05) is 25.2 Å². The number of benzene rings is 1. The molecule has 3 aromatic rings. The van der Waals surface area contributed by atoms with Crippen LogP contribution in [0.1, 0.15) is 19.4 Å². The number of hydrogen-bond acceptors (Lipinski definition) is 4. The average Bonchev–Trinajstić information content (AvgIpc) is 3.25. The van der Waals surface area contributed by atoms with Crippen LogP contribution in [0.5, 0.6) is 0 Å². The molecule has 0 bridgehead atoms. The molecule has 1 aliphatic heterocycles. The SMILES string of the molecule is COCCN1C(=O)C(C)(C)c2cc3[nH]c(-c4ccsc4)nc3cc21. The van der Waals surface area contributed by atoms with Gasteiger partial charge in [0.2, 0.25) is 5.91 Å². The quantitative estimate of drug-likeness (QED) is 0.789. The predicted octanol–water partition coefficient (Wildman–Crippen LogP) is 3.56. The third-order valence-electron chi connectivity index (χ3n) is 4.66. The zero-order chi connectivity index (χ0) is 16.9. The number of aromatic amines is 1. The summed E-state index contributed by atoms with van der Waals surface area (Å²) >= 11 is 1.65. The van der Waals surface area contributed by atoms with E-state index < -0.39 is 5.41 Å². The number of carbonyl (C=O) groups is 1. The summed E-state index contributed by atoms with van der Waals surface area (Å²) in [6, 6.07) is 6.13. The predicted molar refractivity (Wildman–Crippen MR) is 96.7 cm³/mol. The van der Waals surface area contributed by atoms with Crippen molar-refractivity contribution in [2.45, 2.75) is 19.3 Å². The lowest BCUT2D eigenvalue weighted by molar-refractivity contribution is -0.122. The Kier molecular flexibility index (Phi) is 3.47. The van der Waals surface area contributed by atoms with Gasteiger partial charge in [-0.2, -0.15) is 11.3 Å². The average molecular weight is 341 g/mol. The van der Waals surface area contributed by atoms with Crippen LogP contribution in [0.25, 0.3) is 22.4 Å². The van der Waals surface area contributed by atoms with Crippen LogP contribution in [0.15, 0.2) is 29.0 Å². The summed E-state index contributed by atoms with van der Waals surface area (Å²) in [5.41, 5.74) is 4.37. The maximum atomic E-state index is 12.8. The van der Waals surface area contributed by atoms with E-state index in [0.29, 0.717) is 13.2 Å². The van der Waals surface area contributed by atoms with Crippen molar-refractivity contribution in [1.82, 2.24) is 9.97 Å². The van der Waals surface area contributed by atoms with Crippen molar-refractivity contribution >= 4 is 34.0 Å². The van der Waals surface area contributed by atoms with Gasteiger partial charge in [0, 0.05) is 24.6 Å². The molecule has 2 aromatic heterocycles. The molecule has 0 unspecified atom stereocenters. The Morgan fingerprint density at radius 3 is 2.92 bits per heavy atom. The van der Waals surface area contributed by atoms with Crippen LogP contribution < -0.4 is 4.90 Å². The van der Waals surface area contributed by atoms with E-state index in [0.717, 1.165) is 33.7 Å². The van der Waals surface area contributed by atoms with Gasteiger partial charge in [0.05, 0.1) is 28.7 Å². The molecule has 3 heterocycles. The smallest absolute Gasteiger partial charge is 0.237 e. The fraction of sp³-hybridized carbons (Fsp3) is 0.333. The topological polar surface area (TPSA) is 58.2 Å². The number of methoxy groups -OCH3 is 1. The highest BCUT2D eigenvalue weighted by atomic mass is 32.1. The molecule has 1 aliphatic rings. The van der Waals surface area contributed by atoms with E-state index >= 15 is 0 Å². The number of imidazole rings is 1. The first-order valence-corrected chi connectivity index (χ1v) is 8.84. The molecule has 0 spiro atoms. The van der Waals surface area contributed by atoms with Gasteiger partial charge < -0.3 is 14.6 Å². The minimum absolute atomic E-state index is 0.111. The first-order valence-electron chi connectivity index (χ1n) is 7.90. The number of aromatic nitrogens is 2. The van der Waals surface area contributed by atoms with Crippen molar-refractivity contribution < 1.29 is 9.53 Å². The number of thiophene rings is 1. The molecular weight excluding hydrogens is 322 g/mol. The molecule has 1 N–H and O–H groups in total. The van der Waals surface area contributed by atoms with Crippen LogP contribution >= 0.6 is 11.3 Å². The first kappa shape index (κ1) is 15.4. The number of carbonyl (C=O) groups excluding carboxylic acids is 1. The summed E-state index contributed by atoms with van der Waals surface area (Å²) in [5, 5.41) is 4.11. The van der Waals surface area contributed by atoms with Crippen molar-refractivity contribution in [3.05, 3.63) is 34.5 Å². The molecule has 0 saturated carbocycles. The van der Waals surface area contributed by atoms with E-state index in [9.17, 15) is 4.79 Å². The molecule has 6 heteroatoms. The van der Waals surface area contributed by atoms with Crippen LogP contribution in [0.2, 0.25) is 0 Å². The van der Waals surface area contributed by atoms with Crippen molar-refractivity contribution in [1.29, 1.82) is 0 Å². The molecule has 124 valence electrons. The van der Waals surface area contributed by atoms with Gasteiger partial charge >= 0.3 is 0 Å². The lowest BCUT2D eigenvalue weighted by atomic mass is 9.86. The van der Waals surface area contributed by atoms with Gasteiger partial charge in [0.25, 0.3) is 0 Å². The van der Waals surface area contributed by atoms with Gasteiger partial charge in [0.1, 0.15) is 5.82 Å². The lowest BCUT2D eigenvalue weighted by Crippen LogP contribution is -2.37. The van der Waals surface area contributed by atoms with Gasteiger partial charge in [-0.1, -0.05) is 0 Å². The zero-order valence-electron chi connectivity index (χ0n) is 13.9. The van der Waals surface area contributed by atoms with Crippen molar-refractivity contribution in [3.63, 3.8) is 0 Å². The minimum Gasteiger partial charge on any atom is -0.383 e. The third-order valence-corrected chi connectivity index (χ3v) is 5.34. The molecule has 1 aromatic carbocycles. The second-order valence-electron chi connectivity index (χ2n) is 6.56. The van der Waals surface area contributed by atoms with E-state index in [4.69, 9.17) is 9.72 Å². The highest BCUT2D eigenvalue weighted by molar-refractivity contribution is 7.08. The van der Waals surface area contributed by atoms with E-state index in [-0.39, 0.29) is 5.91 Å². The van der Waals surface area contributed by atoms with E-state index in [1.807, 2.05) is 30.2 Å². The summed E-state index contributed by atoms with van der Waals surface area (Å²) in [6.45, 7) is 5.02.